The zero-order valence-electron chi connectivity index (χ0n) is 15.7. The van der Waals surface area contributed by atoms with E-state index in [-0.39, 0.29) is 35.2 Å². The lowest BCUT2D eigenvalue weighted by Gasteiger charge is -2.09. The maximum atomic E-state index is 12.8. The van der Waals surface area contributed by atoms with E-state index in [1.54, 1.807) is 0 Å². The molecule has 2 amide bonds. The molecule has 0 aliphatic heterocycles. The van der Waals surface area contributed by atoms with E-state index in [2.05, 4.69) is 25.6 Å². The fourth-order valence-electron chi connectivity index (χ4n) is 2.53. The lowest BCUT2D eigenvalue weighted by Crippen LogP contribution is -2.26. The maximum absolute atomic E-state index is 12.8. The molecule has 0 radical (unpaired) electrons. The van der Waals surface area contributed by atoms with Crippen LogP contribution in [0.4, 0.5) is 24.7 Å². The van der Waals surface area contributed by atoms with Crippen LogP contribution in [0.15, 0.2) is 36.8 Å². The van der Waals surface area contributed by atoms with Gasteiger partial charge in [0.25, 0.3) is 11.8 Å². The minimum atomic E-state index is -4.52. The summed E-state index contributed by atoms with van der Waals surface area (Å²) < 4.78 is 38.4. The van der Waals surface area contributed by atoms with Crippen molar-refractivity contribution < 1.29 is 22.8 Å². The molecule has 0 spiro atoms. The number of nitrogens with zero attached hydrogens (tertiary/aromatic N) is 3. The van der Waals surface area contributed by atoms with Crippen molar-refractivity contribution in [2.75, 3.05) is 11.1 Å². The van der Waals surface area contributed by atoms with Crippen LogP contribution in [-0.4, -0.2) is 26.8 Å². The maximum Gasteiger partial charge on any atom is 0.416 e. The molecule has 31 heavy (non-hydrogen) atoms. The third kappa shape index (κ3) is 5.32. The molecule has 0 bridgehead atoms. The van der Waals surface area contributed by atoms with Crippen LogP contribution < -0.4 is 22.1 Å². The fraction of sp³-hybridized carbons (Fsp3) is 0.167. The highest BCUT2D eigenvalue weighted by atomic mass is 32.1. The van der Waals surface area contributed by atoms with Gasteiger partial charge in [-0.15, -0.1) is 11.3 Å². The molecule has 3 aromatic rings. The Bertz CT molecular complexity index is 1120. The summed E-state index contributed by atoms with van der Waals surface area (Å²) in [5.74, 6) is -1.06. The van der Waals surface area contributed by atoms with Gasteiger partial charge in [0.15, 0.2) is 0 Å². The van der Waals surface area contributed by atoms with Crippen LogP contribution in [0.1, 0.15) is 36.3 Å². The summed E-state index contributed by atoms with van der Waals surface area (Å²) in [7, 11) is 0. The third-order valence-corrected chi connectivity index (χ3v) is 5.02. The average Bonchev–Trinajstić information content (AvgIpc) is 3.20. The highest BCUT2D eigenvalue weighted by molar-refractivity contribution is 7.13. The molecule has 162 valence electrons. The van der Waals surface area contributed by atoms with Gasteiger partial charge in [-0.1, -0.05) is 6.07 Å². The molecular formula is C18H16F3N7O2S. The van der Waals surface area contributed by atoms with E-state index in [0.717, 1.165) is 29.8 Å². The summed E-state index contributed by atoms with van der Waals surface area (Å²) in [4.78, 5) is 36.5. The number of nitrogens with two attached hydrogens (primary N) is 2. The Kier molecular flexibility index (Phi) is 6.46. The molecule has 9 nitrogen and oxygen atoms in total. The van der Waals surface area contributed by atoms with Gasteiger partial charge in [0, 0.05) is 17.8 Å². The summed E-state index contributed by atoms with van der Waals surface area (Å²) in [6.45, 7) is -0.0270. The molecule has 0 saturated heterocycles. The number of carbonyl (C=O) groups is 2. The standard InChI is InChI=1S/C18H16F3N7O2S/c19-18(20,21)9-2-1-3-10(4-9)28-16(29)12-6-24-13(31-12)7-25-17(30)14-11(5-22)15(23)27-8-26-14/h1-4,6,8H,5,7,22H2,(H,25,30)(H,28,29)(H2,23,26,27). The fourth-order valence-corrected chi connectivity index (χ4v) is 3.28. The van der Waals surface area contributed by atoms with Gasteiger partial charge in [0.05, 0.1) is 18.3 Å². The number of hydrogen-bond acceptors (Lipinski definition) is 8. The lowest BCUT2D eigenvalue weighted by atomic mass is 10.2. The van der Waals surface area contributed by atoms with E-state index >= 15 is 0 Å². The number of benzene rings is 1. The van der Waals surface area contributed by atoms with Crippen molar-refractivity contribution in [3.8, 4) is 0 Å². The summed E-state index contributed by atoms with van der Waals surface area (Å²) in [5, 5.41) is 5.39. The largest absolute Gasteiger partial charge is 0.416 e. The van der Waals surface area contributed by atoms with Gasteiger partial charge in [-0.3, -0.25) is 9.59 Å². The molecule has 0 fully saturated rings. The Hall–Kier alpha value is -3.58. The van der Waals surface area contributed by atoms with Gasteiger partial charge in [0.1, 0.15) is 27.7 Å². The highest BCUT2D eigenvalue weighted by Crippen LogP contribution is 2.30. The Balaban J connectivity index is 1.64. The molecule has 6 N–H and O–H groups in total. The van der Waals surface area contributed by atoms with Gasteiger partial charge in [-0.05, 0) is 18.2 Å². The second kappa shape index (κ2) is 9.06. The number of thiazole rings is 1. The molecule has 0 atom stereocenters. The summed E-state index contributed by atoms with van der Waals surface area (Å²) >= 11 is 0.978. The number of hydrogen-bond donors (Lipinski definition) is 4. The summed E-state index contributed by atoms with van der Waals surface area (Å²) in [6.07, 6.45) is -2.11. The van der Waals surface area contributed by atoms with Crippen LogP contribution in [0.5, 0.6) is 0 Å². The Morgan fingerprint density at radius 3 is 2.61 bits per heavy atom. The van der Waals surface area contributed by atoms with E-state index in [1.807, 2.05) is 0 Å². The first-order valence-electron chi connectivity index (χ1n) is 8.70. The SMILES string of the molecule is NCc1c(N)ncnc1C(=O)NCc1ncc(C(=O)Nc2cccc(C(F)(F)F)c2)s1. The number of nitrogen functional groups attached to an aromatic ring is 1. The minimum Gasteiger partial charge on any atom is -0.383 e. The van der Waals surface area contributed by atoms with E-state index in [1.165, 1.54) is 18.3 Å². The van der Waals surface area contributed by atoms with Gasteiger partial charge in [-0.25, -0.2) is 15.0 Å². The number of halogens is 3. The molecule has 0 aliphatic carbocycles. The van der Waals surface area contributed by atoms with Crippen LogP contribution >= 0.6 is 11.3 Å². The normalized spacial score (nSPS) is 11.2. The third-order valence-electron chi connectivity index (χ3n) is 4.02. The number of rotatable bonds is 6. The van der Waals surface area contributed by atoms with E-state index in [9.17, 15) is 22.8 Å². The van der Waals surface area contributed by atoms with Gasteiger partial charge < -0.3 is 22.1 Å². The number of anilines is 2. The van der Waals surface area contributed by atoms with Crippen molar-refractivity contribution in [1.29, 1.82) is 0 Å². The Labute approximate surface area is 177 Å². The predicted molar refractivity (Wildman–Crippen MR) is 107 cm³/mol. The molecular weight excluding hydrogens is 435 g/mol. The number of nitrogens with one attached hydrogen (secondary N) is 2. The molecule has 0 aliphatic rings. The second-order valence-electron chi connectivity index (χ2n) is 6.12. The topological polar surface area (TPSA) is 149 Å². The molecule has 0 saturated carbocycles. The van der Waals surface area contributed by atoms with Gasteiger partial charge in [0.2, 0.25) is 0 Å². The smallest absolute Gasteiger partial charge is 0.383 e. The van der Waals surface area contributed by atoms with Crippen molar-refractivity contribution in [1.82, 2.24) is 20.3 Å². The van der Waals surface area contributed by atoms with Crippen LogP contribution in [-0.2, 0) is 19.3 Å². The first kappa shape index (κ1) is 22.1. The van der Waals surface area contributed by atoms with E-state index in [4.69, 9.17) is 11.5 Å². The second-order valence-corrected chi connectivity index (χ2v) is 7.24. The number of carbonyl (C=O) groups excluding carboxylic acids is 2. The van der Waals surface area contributed by atoms with Gasteiger partial charge in [-0.2, -0.15) is 13.2 Å². The first-order chi connectivity index (χ1) is 14.7. The zero-order chi connectivity index (χ0) is 22.6. The lowest BCUT2D eigenvalue weighted by molar-refractivity contribution is -0.137. The average molecular weight is 451 g/mol. The summed E-state index contributed by atoms with van der Waals surface area (Å²) in [5.41, 5.74) is 10.7. The number of alkyl halides is 3. The van der Waals surface area contributed by atoms with Crippen molar-refractivity contribution in [2.24, 2.45) is 5.73 Å². The van der Waals surface area contributed by atoms with E-state index < -0.39 is 23.6 Å². The predicted octanol–water partition coefficient (Wildman–Crippen LogP) is 2.18. The molecule has 0 unspecified atom stereocenters. The monoisotopic (exact) mass is 451 g/mol. The molecule has 3 rings (SSSR count). The van der Waals surface area contributed by atoms with Crippen molar-refractivity contribution in [2.45, 2.75) is 19.3 Å². The van der Waals surface area contributed by atoms with Crippen LogP contribution in [0, 0.1) is 0 Å². The van der Waals surface area contributed by atoms with Crippen LogP contribution in [0.25, 0.3) is 0 Å². The Morgan fingerprint density at radius 2 is 1.90 bits per heavy atom. The van der Waals surface area contributed by atoms with Crippen molar-refractivity contribution in [3.05, 3.63) is 63.5 Å². The minimum absolute atomic E-state index is 0.00116. The first-order valence-corrected chi connectivity index (χ1v) is 9.51. The van der Waals surface area contributed by atoms with E-state index in [0.29, 0.717) is 10.6 Å². The molecule has 2 heterocycles. The molecule has 1 aromatic carbocycles. The van der Waals surface area contributed by atoms with Crippen LogP contribution in [0.3, 0.4) is 0 Å². The highest BCUT2D eigenvalue weighted by Gasteiger charge is 2.30. The Morgan fingerprint density at radius 1 is 1.13 bits per heavy atom. The quantitative estimate of drug-likeness (QED) is 0.449. The number of aromatic nitrogens is 3. The zero-order valence-corrected chi connectivity index (χ0v) is 16.5. The number of amides is 2. The van der Waals surface area contributed by atoms with Crippen molar-refractivity contribution in [3.63, 3.8) is 0 Å². The van der Waals surface area contributed by atoms with Crippen LogP contribution in [0.2, 0.25) is 0 Å². The summed E-state index contributed by atoms with van der Waals surface area (Å²) in [6, 6.07) is 4.28. The molecule has 13 heteroatoms. The molecule has 2 aromatic heterocycles. The van der Waals surface area contributed by atoms with Gasteiger partial charge >= 0.3 is 6.18 Å². The van der Waals surface area contributed by atoms with Crippen molar-refractivity contribution >= 4 is 34.7 Å².